The zero-order valence-corrected chi connectivity index (χ0v) is 10.4. The summed E-state index contributed by atoms with van der Waals surface area (Å²) in [6.45, 7) is 0. The fourth-order valence-corrected chi connectivity index (χ4v) is 1.67. The summed E-state index contributed by atoms with van der Waals surface area (Å²) in [6, 6.07) is 9.57. The van der Waals surface area contributed by atoms with Crippen LogP contribution in [-0.4, -0.2) is 35.9 Å². The van der Waals surface area contributed by atoms with Crippen molar-refractivity contribution >= 4 is 5.97 Å². The van der Waals surface area contributed by atoms with E-state index in [4.69, 9.17) is 10.1 Å². The number of esters is 1. The van der Waals surface area contributed by atoms with E-state index in [0.717, 1.165) is 5.56 Å². The van der Waals surface area contributed by atoms with Crippen molar-refractivity contribution < 1.29 is 24.5 Å². The molecule has 1 heterocycles. The van der Waals surface area contributed by atoms with Crippen LogP contribution < -0.4 is 0 Å². The second kappa shape index (κ2) is 6.44. The molecule has 2 rings (SSSR count). The van der Waals surface area contributed by atoms with E-state index in [2.05, 4.69) is 9.62 Å². The monoisotopic (exact) mass is 265 g/mol. The van der Waals surface area contributed by atoms with Gasteiger partial charge in [-0.3, -0.25) is 10.1 Å². The van der Waals surface area contributed by atoms with Gasteiger partial charge in [-0.2, -0.15) is 0 Å². The highest BCUT2D eigenvalue weighted by atomic mass is 17.1. The van der Waals surface area contributed by atoms with E-state index >= 15 is 0 Å². The van der Waals surface area contributed by atoms with E-state index in [1.807, 2.05) is 30.3 Å². The second-order valence-corrected chi connectivity index (χ2v) is 3.99. The van der Waals surface area contributed by atoms with Crippen LogP contribution in [-0.2, 0) is 25.7 Å². The second-order valence-electron chi connectivity index (χ2n) is 3.99. The van der Waals surface area contributed by atoms with Crippen molar-refractivity contribution in [2.45, 2.75) is 18.9 Å². The van der Waals surface area contributed by atoms with E-state index < -0.39 is 12.2 Å². The first-order valence-electron chi connectivity index (χ1n) is 5.80. The highest BCUT2D eigenvalue weighted by Crippen LogP contribution is 2.27. The van der Waals surface area contributed by atoms with Crippen LogP contribution in [0.3, 0.4) is 0 Å². The Hall–Kier alpha value is -1.73. The van der Waals surface area contributed by atoms with Gasteiger partial charge in [-0.05, 0) is 11.6 Å². The number of methoxy groups -OCH3 is 1. The largest absolute Gasteiger partial charge is 0.466 e. The summed E-state index contributed by atoms with van der Waals surface area (Å²) >= 11 is 0. The van der Waals surface area contributed by atoms with Crippen LogP contribution in [0.1, 0.15) is 5.56 Å². The first-order valence-corrected chi connectivity index (χ1v) is 5.80. The number of nitrogens with zero attached hydrogens (tertiary/aromatic N) is 1. The van der Waals surface area contributed by atoms with Crippen molar-refractivity contribution in [2.75, 3.05) is 7.11 Å². The Labute approximate surface area is 110 Å². The van der Waals surface area contributed by atoms with Gasteiger partial charge in [0.1, 0.15) is 0 Å². The Morgan fingerprint density at radius 2 is 2.26 bits per heavy atom. The lowest BCUT2D eigenvalue weighted by Crippen LogP contribution is -2.25. The number of carbonyl (C=O) groups is 1. The SMILES string of the molecule is COC(=O)/C=C\C1ON1C(Cc1ccccc1)OO. The molecule has 3 unspecified atom stereocenters. The van der Waals surface area contributed by atoms with E-state index in [1.165, 1.54) is 24.3 Å². The van der Waals surface area contributed by atoms with E-state index in [9.17, 15) is 4.79 Å². The van der Waals surface area contributed by atoms with Gasteiger partial charge in [-0.1, -0.05) is 30.3 Å². The highest BCUT2D eigenvalue weighted by molar-refractivity contribution is 5.81. The molecule has 1 fully saturated rings. The van der Waals surface area contributed by atoms with Gasteiger partial charge in [-0.15, -0.1) is 5.06 Å². The van der Waals surface area contributed by atoms with Crippen LogP contribution in [0.4, 0.5) is 0 Å². The fraction of sp³-hybridized carbons (Fsp3) is 0.308. The zero-order valence-electron chi connectivity index (χ0n) is 10.4. The molecule has 0 aromatic heterocycles. The third kappa shape index (κ3) is 3.87. The van der Waals surface area contributed by atoms with Crippen molar-refractivity contribution in [3.05, 3.63) is 48.0 Å². The third-order valence-electron chi connectivity index (χ3n) is 2.69. The van der Waals surface area contributed by atoms with Gasteiger partial charge >= 0.3 is 5.97 Å². The van der Waals surface area contributed by atoms with Gasteiger partial charge in [-0.25, -0.2) is 9.68 Å². The normalized spacial score (nSPS) is 23.3. The van der Waals surface area contributed by atoms with Gasteiger partial charge in [0.2, 0.25) is 0 Å². The minimum absolute atomic E-state index is 0.389. The lowest BCUT2D eigenvalue weighted by atomic mass is 10.1. The molecule has 19 heavy (non-hydrogen) atoms. The average Bonchev–Trinajstić information content (AvgIpc) is 3.22. The van der Waals surface area contributed by atoms with Crippen molar-refractivity contribution in [2.24, 2.45) is 0 Å². The van der Waals surface area contributed by atoms with E-state index in [0.29, 0.717) is 6.42 Å². The van der Waals surface area contributed by atoms with Crippen LogP contribution in [0.15, 0.2) is 42.5 Å². The number of carbonyl (C=O) groups excluding carboxylic acids is 1. The first kappa shape index (κ1) is 13.7. The Morgan fingerprint density at radius 1 is 1.53 bits per heavy atom. The average molecular weight is 265 g/mol. The van der Waals surface area contributed by atoms with Crippen LogP contribution in [0.2, 0.25) is 0 Å². The summed E-state index contributed by atoms with van der Waals surface area (Å²) < 4.78 is 4.47. The van der Waals surface area contributed by atoms with Gasteiger partial charge in [0.25, 0.3) is 0 Å². The molecule has 0 radical (unpaired) electrons. The summed E-state index contributed by atoms with van der Waals surface area (Å²) in [4.78, 5) is 20.5. The molecular weight excluding hydrogens is 250 g/mol. The van der Waals surface area contributed by atoms with Crippen molar-refractivity contribution in [3.8, 4) is 0 Å². The van der Waals surface area contributed by atoms with Crippen LogP contribution in [0.5, 0.6) is 0 Å². The van der Waals surface area contributed by atoms with E-state index in [1.54, 1.807) is 0 Å². The summed E-state index contributed by atoms with van der Waals surface area (Å²) in [6.07, 6.45) is 2.26. The number of hydrogen-bond donors (Lipinski definition) is 1. The van der Waals surface area contributed by atoms with Gasteiger partial charge in [0.05, 0.1) is 7.11 Å². The standard InChI is InChI=1S/C13H15NO5/c1-17-13(15)8-7-11-14(18-11)12(19-16)9-10-5-3-2-4-6-10/h2-8,11-12,16H,9H2,1H3/b8-7-. The van der Waals surface area contributed by atoms with E-state index in [-0.39, 0.29) is 6.23 Å². The Kier molecular flexibility index (Phi) is 4.64. The van der Waals surface area contributed by atoms with Gasteiger partial charge in [0, 0.05) is 12.5 Å². The topological polar surface area (TPSA) is 71.3 Å². The summed E-state index contributed by atoms with van der Waals surface area (Å²) in [5.74, 6) is -0.458. The molecule has 0 bridgehead atoms. The van der Waals surface area contributed by atoms with Crippen molar-refractivity contribution in [1.82, 2.24) is 5.06 Å². The molecule has 1 aromatic carbocycles. The first-order chi connectivity index (χ1) is 9.24. The molecule has 1 aromatic rings. The Balaban J connectivity index is 1.87. The maximum atomic E-state index is 10.9. The minimum Gasteiger partial charge on any atom is -0.466 e. The lowest BCUT2D eigenvalue weighted by Gasteiger charge is -2.11. The van der Waals surface area contributed by atoms with Gasteiger partial charge < -0.3 is 4.74 Å². The quantitative estimate of drug-likeness (QED) is 0.275. The number of hydrogen-bond acceptors (Lipinski definition) is 6. The maximum absolute atomic E-state index is 10.9. The number of benzene rings is 1. The van der Waals surface area contributed by atoms with Crippen molar-refractivity contribution in [3.63, 3.8) is 0 Å². The smallest absolute Gasteiger partial charge is 0.330 e. The predicted octanol–water partition coefficient (Wildman–Crippen LogP) is 1.35. The Morgan fingerprint density at radius 3 is 2.89 bits per heavy atom. The zero-order chi connectivity index (χ0) is 13.7. The third-order valence-corrected chi connectivity index (χ3v) is 2.69. The van der Waals surface area contributed by atoms with Gasteiger partial charge in [0.15, 0.2) is 12.5 Å². The molecule has 6 nitrogen and oxygen atoms in total. The molecule has 1 aliphatic rings. The molecule has 102 valence electrons. The molecule has 1 N–H and O–H groups in total. The van der Waals surface area contributed by atoms with Crippen LogP contribution in [0, 0.1) is 0 Å². The fourth-order valence-electron chi connectivity index (χ4n) is 1.67. The molecule has 1 saturated heterocycles. The molecule has 0 aliphatic carbocycles. The predicted molar refractivity (Wildman–Crippen MR) is 65.5 cm³/mol. The maximum Gasteiger partial charge on any atom is 0.330 e. The van der Waals surface area contributed by atoms with Crippen LogP contribution >= 0.6 is 0 Å². The number of ether oxygens (including phenoxy) is 1. The number of rotatable bonds is 6. The Bertz CT molecular complexity index is 448. The summed E-state index contributed by atoms with van der Waals surface area (Å²) in [7, 11) is 1.30. The lowest BCUT2D eigenvalue weighted by molar-refractivity contribution is -0.312. The van der Waals surface area contributed by atoms with Crippen LogP contribution in [0.25, 0.3) is 0 Å². The summed E-state index contributed by atoms with van der Waals surface area (Å²) in [5, 5.41) is 10.4. The van der Waals surface area contributed by atoms with Crippen molar-refractivity contribution in [1.29, 1.82) is 0 Å². The molecule has 6 heteroatoms. The highest BCUT2D eigenvalue weighted by Gasteiger charge is 2.41. The molecule has 3 atom stereocenters. The molecular formula is C13H15NO5. The molecule has 0 amide bonds. The minimum atomic E-state index is -0.616. The molecule has 1 aliphatic heterocycles. The molecule has 0 spiro atoms. The summed E-state index contributed by atoms with van der Waals surface area (Å²) in [5.41, 5.74) is 1.01. The number of hydroxylamine groups is 2. The molecule has 0 saturated carbocycles.